The highest BCUT2D eigenvalue weighted by atomic mass is 16.6. The van der Waals surface area contributed by atoms with E-state index in [1.54, 1.807) is 12.1 Å². The highest BCUT2D eigenvalue weighted by Gasteiger charge is 2.24. The molecular formula is C18H19N5O5. The van der Waals surface area contributed by atoms with Crippen molar-refractivity contribution in [3.8, 4) is 0 Å². The highest BCUT2D eigenvalue weighted by molar-refractivity contribution is 6.04. The van der Waals surface area contributed by atoms with Crippen LogP contribution in [0.2, 0.25) is 0 Å². The first kappa shape index (κ1) is 19.2. The third-order valence-electron chi connectivity index (χ3n) is 4.62. The normalized spacial score (nSPS) is 14.5. The summed E-state index contributed by atoms with van der Waals surface area (Å²) in [7, 11) is 2.08. The fourth-order valence-electron chi connectivity index (χ4n) is 2.99. The molecule has 146 valence electrons. The van der Waals surface area contributed by atoms with E-state index in [0.29, 0.717) is 5.56 Å². The first-order valence-electron chi connectivity index (χ1n) is 8.63. The van der Waals surface area contributed by atoms with Gasteiger partial charge in [-0.15, -0.1) is 0 Å². The molecule has 2 aromatic carbocycles. The van der Waals surface area contributed by atoms with E-state index in [-0.39, 0.29) is 5.69 Å². The van der Waals surface area contributed by atoms with E-state index in [4.69, 9.17) is 0 Å². The van der Waals surface area contributed by atoms with Gasteiger partial charge in [0.15, 0.2) is 0 Å². The molecule has 10 nitrogen and oxygen atoms in total. The Kier molecular flexibility index (Phi) is 5.50. The van der Waals surface area contributed by atoms with Gasteiger partial charge in [0.2, 0.25) is 0 Å². The standard InChI is InChI=1S/C18H19N5O5/c1-20-8-10-21(11-9-20)15-5-2-13(3-6-15)18(24)19-14-4-7-16(22(25)26)17(12-14)23(27)28/h2-7,12H,8-11H2,1H3,(H,19,24). The molecule has 1 heterocycles. The van der Waals surface area contributed by atoms with Crippen molar-refractivity contribution in [2.24, 2.45) is 0 Å². The van der Waals surface area contributed by atoms with Crippen molar-refractivity contribution in [2.75, 3.05) is 43.4 Å². The lowest BCUT2D eigenvalue weighted by molar-refractivity contribution is -0.422. The molecule has 3 rings (SSSR count). The van der Waals surface area contributed by atoms with Crippen molar-refractivity contribution >= 4 is 28.7 Å². The molecule has 0 aromatic heterocycles. The number of nitro groups is 2. The molecule has 2 aromatic rings. The summed E-state index contributed by atoms with van der Waals surface area (Å²) in [6.07, 6.45) is 0. The number of nitro benzene ring substituents is 2. The van der Waals surface area contributed by atoms with E-state index in [1.165, 1.54) is 6.07 Å². The molecule has 0 aliphatic carbocycles. The Balaban J connectivity index is 1.72. The molecule has 1 saturated heterocycles. The third kappa shape index (κ3) is 4.23. The van der Waals surface area contributed by atoms with Gasteiger partial charge in [-0.1, -0.05) is 0 Å². The lowest BCUT2D eigenvalue weighted by Crippen LogP contribution is -2.44. The van der Waals surface area contributed by atoms with Crippen LogP contribution in [0, 0.1) is 20.2 Å². The van der Waals surface area contributed by atoms with Gasteiger partial charge < -0.3 is 15.1 Å². The number of rotatable bonds is 5. The van der Waals surface area contributed by atoms with Gasteiger partial charge in [-0.2, -0.15) is 0 Å². The van der Waals surface area contributed by atoms with E-state index in [0.717, 1.165) is 44.0 Å². The van der Waals surface area contributed by atoms with Crippen molar-refractivity contribution in [1.82, 2.24) is 4.90 Å². The maximum absolute atomic E-state index is 12.4. The number of carbonyl (C=O) groups excluding carboxylic acids is 1. The molecule has 0 spiro atoms. The minimum Gasteiger partial charge on any atom is -0.369 e. The molecule has 0 saturated carbocycles. The van der Waals surface area contributed by atoms with Gasteiger partial charge in [-0.3, -0.25) is 25.0 Å². The number of anilines is 2. The van der Waals surface area contributed by atoms with Crippen LogP contribution in [0.25, 0.3) is 0 Å². The van der Waals surface area contributed by atoms with Crippen LogP contribution in [0.4, 0.5) is 22.7 Å². The summed E-state index contributed by atoms with van der Waals surface area (Å²) in [5, 5.41) is 24.4. The van der Waals surface area contributed by atoms with Gasteiger partial charge in [-0.25, -0.2) is 0 Å². The number of benzene rings is 2. The summed E-state index contributed by atoms with van der Waals surface area (Å²) < 4.78 is 0. The highest BCUT2D eigenvalue weighted by Crippen LogP contribution is 2.29. The number of hydrogen-bond acceptors (Lipinski definition) is 7. The van der Waals surface area contributed by atoms with E-state index >= 15 is 0 Å². The zero-order valence-electron chi connectivity index (χ0n) is 15.2. The van der Waals surface area contributed by atoms with Crippen LogP contribution in [-0.2, 0) is 0 Å². The second-order valence-corrected chi connectivity index (χ2v) is 6.51. The summed E-state index contributed by atoms with van der Waals surface area (Å²) in [6.45, 7) is 3.77. The summed E-state index contributed by atoms with van der Waals surface area (Å²) >= 11 is 0. The molecule has 0 bridgehead atoms. The minimum atomic E-state index is -0.849. The quantitative estimate of drug-likeness (QED) is 0.620. The third-order valence-corrected chi connectivity index (χ3v) is 4.62. The molecule has 10 heteroatoms. The minimum absolute atomic E-state index is 0.116. The van der Waals surface area contributed by atoms with Gasteiger partial charge in [0, 0.05) is 55.2 Å². The van der Waals surface area contributed by atoms with Gasteiger partial charge in [0.1, 0.15) is 0 Å². The number of nitrogens with zero attached hydrogens (tertiary/aromatic N) is 4. The molecule has 1 aliphatic heterocycles. The van der Waals surface area contributed by atoms with Crippen LogP contribution in [0.1, 0.15) is 10.4 Å². The topological polar surface area (TPSA) is 122 Å². The Morgan fingerprint density at radius 2 is 1.54 bits per heavy atom. The number of nitrogens with one attached hydrogen (secondary N) is 1. The molecule has 0 atom stereocenters. The molecule has 0 unspecified atom stereocenters. The average molecular weight is 385 g/mol. The van der Waals surface area contributed by atoms with Crippen LogP contribution >= 0.6 is 0 Å². The van der Waals surface area contributed by atoms with E-state index in [1.807, 2.05) is 12.1 Å². The maximum Gasteiger partial charge on any atom is 0.348 e. The zero-order valence-corrected chi connectivity index (χ0v) is 15.2. The van der Waals surface area contributed by atoms with Crippen LogP contribution in [0.15, 0.2) is 42.5 Å². The van der Waals surface area contributed by atoms with Crippen LogP contribution in [-0.4, -0.2) is 53.9 Å². The van der Waals surface area contributed by atoms with Crippen LogP contribution in [0.3, 0.4) is 0 Å². The van der Waals surface area contributed by atoms with Gasteiger partial charge >= 0.3 is 11.4 Å². The Bertz CT molecular complexity index is 907. The molecule has 1 aliphatic rings. The van der Waals surface area contributed by atoms with Crippen molar-refractivity contribution in [2.45, 2.75) is 0 Å². The SMILES string of the molecule is CN1CCN(c2ccc(C(=O)Nc3ccc([N+](=O)[O-])c([N+](=O)[O-])c3)cc2)CC1. The smallest absolute Gasteiger partial charge is 0.348 e. The van der Waals surface area contributed by atoms with Crippen molar-refractivity contribution in [3.05, 3.63) is 68.3 Å². The molecule has 0 radical (unpaired) electrons. The van der Waals surface area contributed by atoms with E-state index in [2.05, 4.69) is 22.2 Å². The molecule has 1 amide bonds. The maximum atomic E-state index is 12.4. The van der Waals surface area contributed by atoms with E-state index < -0.39 is 27.1 Å². The fraction of sp³-hybridized carbons (Fsp3) is 0.278. The summed E-state index contributed by atoms with van der Waals surface area (Å²) in [5.74, 6) is -0.451. The average Bonchev–Trinajstić information content (AvgIpc) is 2.68. The van der Waals surface area contributed by atoms with E-state index in [9.17, 15) is 25.0 Å². The first-order chi connectivity index (χ1) is 13.3. The number of carbonyl (C=O) groups is 1. The fourth-order valence-corrected chi connectivity index (χ4v) is 2.99. The number of likely N-dealkylation sites (N-methyl/N-ethyl adjacent to an activating group) is 1. The van der Waals surface area contributed by atoms with Gasteiger partial charge in [0.25, 0.3) is 5.91 Å². The number of piperazine rings is 1. The Labute approximate surface area is 160 Å². The second kappa shape index (κ2) is 8.01. The molecular weight excluding hydrogens is 366 g/mol. The van der Waals surface area contributed by atoms with Crippen LogP contribution in [0.5, 0.6) is 0 Å². The summed E-state index contributed by atoms with van der Waals surface area (Å²) in [5.41, 5.74) is 0.229. The largest absolute Gasteiger partial charge is 0.369 e. The van der Waals surface area contributed by atoms with Gasteiger partial charge in [0.05, 0.1) is 9.85 Å². The first-order valence-corrected chi connectivity index (χ1v) is 8.63. The summed E-state index contributed by atoms with van der Waals surface area (Å²) in [6, 6.07) is 10.3. The molecule has 28 heavy (non-hydrogen) atoms. The summed E-state index contributed by atoms with van der Waals surface area (Å²) in [4.78, 5) is 37.1. The Hall–Kier alpha value is -3.53. The Morgan fingerprint density at radius 3 is 2.11 bits per heavy atom. The Morgan fingerprint density at radius 1 is 0.929 bits per heavy atom. The second-order valence-electron chi connectivity index (χ2n) is 6.51. The molecule has 1 N–H and O–H groups in total. The predicted molar refractivity (Wildman–Crippen MR) is 104 cm³/mol. The zero-order chi connectivity index (χ0) is 20.3. The van der Waals surface area contributed by atoms with Crippen molar-refractivity contribution in [3.63, 3.8) is 0 Å². The predicted octanol–water partition coefficient (Wildman–Crippen LogP) is 2.51. The van der Waals surface area contributed by atoms with Crippen molar-refractivity contribution < 1.29 is 14.6 Å². The lowest BCUT2D eigenvalue weighted by Gasteiger charge is -2.34. The monoisotopic (exact) mass is 385 g/mol. The van der Waals surface area contributed by atoms with Crippen molar-refractivity contribution in [1.29, 1.82) is 0 Å². The van der Waals surface area contributed by atoms with Gasteiger partial charge in [-0.05, 0) is 37.4 Å². The number of amides is 1. The van der Waals surface area contributed by atoms with Crippen LogP contribution < -0.4 is 10.2 Å². The number of hydrogen-bond donors (Lipinski definition) is 1. The lowest BCUT2D eigenvalue weighted by atomic mass is 10.1. The molecule has 1 fully saturated rings.